The molecular weight excluding hydrogens is 334 g/mol. The maximum absolute atomic E-state index is 12.5. The van der Waals surface area contributed by atoms with Gasteiger partial charge >= 0.3 is 0 Å². The molecule has 146 valence electrons. The summed E-state index contributed by atoms with van der Waals surface area (Å²) in [5.74, 6) is 1.06. The first kappa shape index (κ1) is 21.8. The Labute approximate surface area is 156 Å². The first-order valence-corrected chi connectivity index (χ1v) is 8.50. The Morgan fingerprint density at radius 3 is 2.27 bits per heavy atom. The third-order valence-corrected chi connectivity index (χ3v) is 3.65. The van der Waals surface area contributed by atoms with Crippen molar-refractivity contribution in [2.75, 3.05) is 41.4 Å². The molecule has 0 bridgehead atoms. The summed E-state index contributed by atoms with van der Waals surface area (Å²) in [5.41, 5.74) is 0.567. The molecule has 26 heavy (non-hydrogen) atoms. The number of benzene rings is 1. The zero-order valence-corrected chi connectivity index (χ0v) is 16.9. The minimum atomic E-state index is -0.290. The number of methoxy groups -OCH3 is 2. The van der Waals surface area contributed by atoms with E-state index in [1.807, 2.05) is 39.0 Å². The average Bonchev–Trinajstić information content (AvgIpc) is 2.52. The molecule has 1 rings (SSSR count). The Kier molecular flexibility index (Phi) is 7.89. The highest BCUT2D eigenvalue weighted by Gasteiger charge is 2.19. The van der Waals surface area contributed by atoms with Gasteiger partial charge in [0.15, 0.2) is 11.5 Å². The monoisotopic (exact) mass is 365 g/mol. The smallest absolute Gasteiger partial charge is 0.236 e. The molecule has 1 aromatic carbocycles. The van der Waals surface area contributed by atoms with E-state index in [2.05, 4.69) is 5.32 Å². The van der Waals surface area contributed by atoms with Gasteiger partial charge < -0.3 is 19.7 Å². The molecule has 0 aliphatic rings. The van der Waals surface area contributed by atoms with E-state index in [9.17, 15) is 9.59 Å². The largest absolute Gasteiger partial charge is 0.493 e. The van der Waals surface area contributed by atoms with Crippen LogP contribution < -0.4 is 14.8 Å². The summed E-state index contributed by atoms with van der Waals surface area (Å²) in [7, 11) is 6.63. The van der Waals surface area contributed by atoms with Crippen LogP contribution in [0.3, 0.4) is 0 Å². The quantitative estimate of drug-likeness (QED) is 0.756. The molecule has 0 aliphatic heterocycles. The number of likely N-dealkylation sites (N-methyl/N-ethyl adjacent to an activating group) is 2. The molecule has 0 unspecified atom stereocenters. The number of carbonyl (C=O) groups is 2. The van der Waals surface area contributed by atoms with Gasteiger partial charge in [0.1, 0.15) is 0 Å². The standard InChI is InChI=1S/C19H31N3O4/c1-19(2,3)20-16(23)12-21(4)13-17(24)22(5)11-14-9-8-10-15(25-6)18(14)26-7/h8-10H,11-13H2,1-7H3,(H,20,23). The van der Waals surface area contributed by atoms with Crippen molar-refractivity contribution in [3.05, 3.63) is 23.8 Å². The average molecular weight is 365 g/mol. The molecule has 7 nitrogen and oxygen atoms in total. The van der Waals surface area contributed by atoms with E-state index >= 15 is 0 Å². The molecule has 1 aromatic rings. The Morgan fingerprint density at radius 2 is 1.73 bits per heavy atom. The Hall–Kier alpha value is -2.28. The molecule has 0 aromatic heterocycles. The summed E-state index contributed by atoms with van der Waals surface area (Å²) >= 11 is 0. The second-order valence-corrected chi connectivity index (χ2v) is 7.37. The van der Waals surface area contributed by atoms with E-state index in [4.69, 9.17) is 9.47 Å². The van der Waals surface area contributed by atoms with Gasteiger partial charge in [0, 0.05) is 24.7 Å². The molecule has 2 amide bonds. The van der Waals surface area contributed by atoms with Gasteiger partial charge in [-0.25, -0.2) is 0 Å². The zero-order chi connectivity index (χ0) is 19.9. The molecule has 0 spiro atoms. The van der Waals surface area contributed by atoms with Gasteiger partial charge in [-0.15, -0.1) is 0 Å². The predicted octanol–water partition coefficient (Wildman–Crippen LogP) is 1.51. The van der Waals surface area contributed by atoms with E-state index in [1.54, 1.807) is 38.1 Å². The third-order valence-electron chi connectivity index (χ3n) is 3.65. The van der Waals surface area contributed by atoms with Crippen molar-refractivity contribution in [3.63, 3.8) is 0 Å². The molecule has 7 heteroatoms. The molecule has 0 radical (unpaired) electrons. The summed E-state index contributed by atoms with van der Waals surface area (Å²) in [5, 5.41) is 2.88. The maximum atomic E-state index is 12.5. The summed E-state index contributed by atoms with van der Waals surface area (Å²) in [6, 6.07) is 5.56. The summed E-state index contributed by atoms with van der Waals surface area (Å²) < 4.78 is 10.7. The fourth-order valence-electron chi connectivity index (χ4n) is 2.53. The van der Waals surface area contributed by atoms with Crippen molar-refractivity contribution in [1.82, 2.24) is 15.1 Å². The van der Waals surface area contributed by atoms with E-state index < -0.39 is 0 Å². The van der Waals surface area contributed by atoms with Gasteiger partial charge in [0.25, 0.3) is 0 Å². The van der Waals surface area contributed by atoms with Gasteiger partial charge in [0.05, 0.1) is 27.3 Å². The van der Waals surface area contributed by atoms with E-state index in [0.717, 1.165) is 5.56 Å². The van der Waals surface area contributed by atoms with Crippen LogP contribution in [-0.4, -0.2) is 68.6 Å². The Bertz CT molecular complexity index is 626. The lowest BCUT2D eigenvalue weighted by molar-refractivity contribution is -0.132. The highest BCUT2D eigenvalue weighted by molar-refractivity contribution is 5.81. The molecule has 0 fully saturated rings. The lowest BCUT2D eigenvalue weighted by Crippen LogP contribution is -2.46. The predicted molar refractivity (Wildman–Crippen MR) is 101 cm³/mol. The summed E-state index contributed by atoms with van der Waals surface area (Å²) in [6.07, 6.45) is 0. The highest BCUT2D eigenvalue weighted by Crippen LogP contribution is 2.31. The van der Waals surface area contributed by atoms with Crippen LogP contribution in [0.25, 0.3) is 0 Å². The molecular formula is C19H31N3O4. The van der Waals surface area contributed by atoms with Crippen LogP contribution in [0, 0.1) is 0 Å². The SMILES string of the molecule is COc1cccc(CN(C)C(=O)CN(C)CC(=O)NC(C)(C)C)c1OC. The normalized spacial score (nSPS) is 11.2. The number of nitrogens with one attached hydrogen (secondary N) is 1. The van der Waals surface area contributed by atoms with Crippen molar-refractivity contribution < 1.29 is 19.1 Å². The van der Waals surface area contributed by atoms with Crippen LogP contribution in [0.4, 0.5) is 0 Å². The lowest BCUT2D eigenvalue weighted by Gasteiger charge is -2.25. The van der Waals surface area contributed by atoms with Crippen LogP contribution >= 0.6 is 0 Å². The molecule has 0 saturated heterocycles. The van der Waals surface area contributed by atoms with Crippen molar-refractivity contribution in [3.8, 4) is 11.5 Å². The summed E-state index contributed by atoms with van der Waals surface area (Å²) in [6.45, 7) is 6.48. The Morgan fingerprint density at radius 1 is 1.08 bits per heavy atom. The topological polar surface area (TPSA) is 71.1 Å². The van der Waals surface area contributed by atoms with E-state index in [0.29, 0.717) is 18.0 Å². The van der Waals surface area contributed by atoms with Gasteiger partial charge in [-0.05, 0) is 33.9 Å². The number of para-hydroxylation sites is 1. The number of nitrogens with zero attached hydrogens (tertiary/aromatic N) is 2. The van der Waals surface area contributed by atoms with Gasteiger partial charge in [-0.1, -0.05) is 12.1 Å². The van der Waals surface area contributed by atoms with E-state index in [-0.39, 0.29) is 30.4 Å². The summed E-state index contributed by atoms with van der Waals surface area (Å²) in [4.78, 5) is 27.7. The van der Waals surface area contributed by atoms with Crippen LogP contribution in [0.15, 0.2) is 18.2 Å². The molecule has 0 saturated carbocycles. The minimum absolute atomic E-state index is 0.0825. The van der Waals surface area contributed by atoms with Crippen molar-refractivity contribution in [2.45, 2.75) is 32.9 Å². The highest BCUT2D eigenvalue weighted by atomic mass is 16.5. The number of rotatable bonds is 8. The Balaban J connectivity index is 2.64. The number of hydrogen-bond donors (Lipinski definition) is 1. The molecule has 1 N–H and O–H groups in total. The number of amides is 2. The van der Waals surface area contributed by atoms with Crippen LogP contribution in [0.1, 0.15) is 26.3 Å². The van der Waals surface area contributed by atoms with Crippen molar-refractivity contribution in [2.24, 2.45) is 0 Å². The van der Waals surface area contributed by atoms with Gasteiger partial charge in [-0.2, -0.15) is 0 Å². The van der Waals surface area contributed by atoms with E-state index in [1.165, 1.54) is 0 Å². The minimum Gasteiger partial charge on any atom is -0.493 e. The first-order valence-electron chi connectivity index (χ1n) is 8.50. The molecule has 0 aliphatic carbocycles. The third kappa shape index (κ3) is 6.92. The van der Waals surface area contributed by atoms with Crippen molar-refractivity contribution in [1.29, 1.82) is 0 Å². The zero-order valence-electron chi connectivity index (χ0n) is 16.9. The fourth-order valence-corrected chi connectivity index (χ4v) is 2.53. The lowest BCUT2D eigenvalue weighted by atomic mass is 10.1. The van der Waals surface area contributed by atoms with Crippen LogP contribution in [-0.2, 0) is 16.1 Å². The number of ether oxygens (including phenoxy) is 2. The van der Waals surface area contributed by atoms with Crippen molar-refractivity contribution >= 4 is 11.8 Å². The number of carbonyl (C=O) groups excluding carboxylic acids is 2. The maximum Gasteiger partial charge on any atom is 0.236 e. The second kappa shape index (κ2) is 9.43. The van der Waals surface area contributed by atoms with Crippen LogP contribution in [0.2, 0.25) is 0 Å². The van der Waals surface area contributed by atoms with Gasteiger partial charge in [0.2, 0.25) is 11.8 Å². The van der Waals surface area contributed by atoms with Gasteiger partial charge in [-0.3, -0.25) is 14.5 Å². The van der Waals surface area contributed by atoms with Crippen LogP contribution in [0.5, 0.6) is 11.5 Å². The second-order valence-electron chi connectivity index (χ2n) is 7.37. The first-order chi connectivity index (χ1) is 12.1. The molecule has 0 atom stereocenters. The number of hydrogen-bond acceptors (Lipinski definition) is 5. The fraction of sp³-hybridized carbons (Fsp3) is 0.579. The molecule has 0 heterocycles.